The number of rotatable bonds is 11. The van der Waals surface area contributed by atoms with Gasteiger partial charge in [0.05, 0.1) is 20.3 Å². The van der Waals surface area contributed by atoms with Gasteiger partial charge in [-0.2, -0.15) is 0 Å². The smallest absolute Gasteiger partial charge is 0.410 e. The number of nitrogens with one attached hydrogen (secondary N) is 1. The van der Waals surface area contributed by atoms with Crippen molar-refractivity contribution in [3.05, 3.63) is 54.6 Å². The molecule has 1 aromatic rings. The summed E-state index contributed by atoms with van der Waals surface area (Å²) in [6.45, 7) is 13.3. The van der Waals surface area contributed by atoms with Crippen LogP contribution in [0.2, 0.25) is 0 Å². The van der Waals surface area contributed by atoms with E-state index in [1.54, 1.807) is 40.0 Å². The molecule has 0 aliphatic carbocycles. The van der Waals surface area contributed by atoms with Crippen LogP contribution in [0.25, 0.3) is 6.08 Å². The van der Waals surface area contributed by atoms with Crippen molar-refractivity contribution in [3.63, 3.8) is 0 Å². The number of carbonyl (C=O) groups is 4. The van der Waals surface area contributed by atoms with Crippen molar-refractivity contribution in [2.24, 2.45) is 5.41 Å². The number of benzene rings is 1. The molecule has 1 heterocycles. The minimum atomic E-state index is -0.996. The molecule has 0 unspecified atom stereocenters. The Balaban J connectivity index is 2.13. The van der Waals surface area contributed by atoms with E-state index < -0.39 is 47.7 Å². The van der Waals surface area contributed by atoms with Crippen molar-refractivity contribution in [2.45, 2.75) is 64.8 Å². The molecule has 1 aliphatic rings. The molecule has 2 rings (SSSR count). The zero-order valence-electron chi connectivity index (χ0n) is 23.6. The van der Waals surface area contributed by atoms with Gasteiger partial charge < -0.3 is 29.3 Å². The van der Waals surface area contributed by atoms with Gasteiger partial charge in [-0.05, 0) is 29.4 Å². The van der Waals surface area contributed by atoms with Crippen LogP contribution in [0.5, 0.6) is 0 Å². The topological polar surface area (TPSA) is 114 Å². The molecule has 3 atom stereocenters. The van der Waals surface area contributed by atoms with E-state index in [2.05, 4.69) is 18.5 Å². The number of carbonyl (C=O) groups excluding carboxylic acids is 4. The lowest BCUT2D eigenvalue weighted by atomic mass is 9.85. The second kappa shape index (κ2) is 14.4. The average molecular weight is 544 g/mol. The van der Waals surface area contributed by atoms with Crippen LogP contribution in [-0.2, 0) is 30.3 Å². The fourth-order valence-electron chi connectivity index (χ4n) is 4.28. The molecule has 214 valence electrons. The number of nitrogens with zero attached hydrogens (tertiary/aromatic N) is 2. The summed E-state index contributed by atoms with van der Waals surface area (Å²) in [5.41, 5.74) is 1.10. The van der Waals surface area contributed by atoms with Crippen molar-refractivity contribution in [1.29, 1.82) is 0 Å². The predicted octanol–water partition coefficient (Wildman–Crippen LogP) is 4.15. The van der Waals surface area contributed by atoms with E-state index in [1.165, 1.54) is 16.9 Å². The first-order valence-electron chi connectivity index (χ1n) is 13.0. The highest BCUT2D eigenvalue weighted by Gasteiger charge is 2.46. The number of alkyl carbamates (subject to hydrolysis) is 1. The van der Waals surface area contributed by atoms with Gasteiger partial charge in [0.2, 0.25) is 5.91 Å². The van der Waals surface area contributed by atoms with Crippen LogP contribution in [-0.4, -0.2) is 79.4 Å². The Morgan fingerprint density at radius 2 is 1.90 bits per heavy atom. The highest BCUT2D eigenvalue weighted by atomic mass is 16.6. The van der Waals surface area contributed by atoms with Crippen LogP contribution in [0, 0.1) is 5.41 Å². The molecule has 0 bridgehead atoms. The Kier molecular flexibility index (Phi) is 11.6. The maximum Gasteiger partial charge on any atom is 0.410 e. The second-order valence-electron chi connectivity index (χ2n) is 10.5. The van der Waals surface area contributed by atoms with Gasteiger partial charge in [-0.15, -0.1) is 6.58 Å². The summed E-state index contributed by atoms with van der Waals surface area (Å²) < 4.78 is 15.8. The first-order chi connectivity index (χ1) is 18.4. The Morgan fingerprint density at radius 1 is 1.21 bits per heavy atom. The number of methoxy groups -OCH3 is 1. The maximum absolute atomic E-state index is 13.7. The molecule has 0 spiro atoms. The van der Waals surface area contributed by atoms with Gasteiger partial charge in [-0.3, -0.25) is 4.79 Å². The van der Waals surface area contributed by atoms with Crippen molar-refractivity contribution in [2.75, 3.05) is 27.3 Å². The van der Waals surface area contributed by atoms with Crippen molar-refractivity contribution < 1.29 is 33.4 Å². The summed E-state index contributed by atoms with van der Waals surface area (Å²) in [5, 5.41) is 2.65. The molecule has 1 aliphatic heterocycles. The maximum atomic E-state index is 13.7. The number of likely N-dealkylation sites (tertiary alicyclic amines) is 1. The number of allylic oxidation sites excluding steroid dienone is 1. The predicted molar refractivity (Wildman–Crippen MR) is 148 cm³/mol. The summed E-state index contributed by atoms with van der Waals surface area (Å²) >= 11 is 0. The molecule has 1 fully saturated rings. The lowest BCUT2D eigenvalue weighted by Crippen LogP contribution is -2.57. The number of hydrogen-bond donors (Lipinski definition) is 1. The van der Waals surface area contributed by atoms with Gasteiger partial charge in [0, 0.05) is 20.0 Å². The fourth-order valence-corrected chi connectivity index (χ4v) is 4.28. The number of ether oxygens (including phenoxy) is 3. The zero-order valence-corrected chi connectivity index (χ0v) is 23.6. The van der Waals surface area contributed by atoms with Crippen LogP contribution >= 0.6 is 0 Å². The molecule has 1 saturated heterocycles. The van der Waals surface area contributed by atoms with Crippen molar-refractivity contribution >= 4 is 30.1 Å². The summed E-state index contributed by atoms with van der Waals surface area (Å²) in [6.07, 6.45) is 2.76. The first-order valence-corrected chi connectivity index (χ1v) is 13.0. The molecule has 3 amide bonds. The van der Waals surface area contributed by atoms with Crippen molar-refractivity contribution in [1.82, 2.24) is 15.1 Å². The van der Waals surface area contributed by atoms with E-state index in [4.69, 9.17) is 14.2 Å². The van der Waals surface area contributed by atoms with E-state index in [-0.39, 0.29) is 19.6 Å². The zero-order chi connectivity index (χ0) is 29.2. The third kappa shape index (κ3) is 8.87. The third-order valence-corrected chi connectivity index (χ3v) is 6.44. The standard InChI is InChI=1S/C29H41N3O7/c1-8-10-13-16-38-27(35)30-24(29(3,4)5)25(33)32-19-22(17-23(32)26(34)37-7)39-28(36)31(6)18-21-15-12-11-14-20(21)9-2/h8-9,11-12,14-15,22-24H,1-2,10,13,16-19H2,3-7H3,(H,30,35)/t22-,23+,24-/m1/s1. The third-order valence-electron chi connectivity index (χ3n) is 6.44. The SMILES string of the molecule is C=CCCCOC(=O)N[C@H](C(=O)N1C[C@H](OC(=O)N(C)Cc2ccccc2C=C)C[C@H]1C(=O)OC)C(C)(C)C. The van der Waals surface area contributed by atoms with Crippen LogP contribution in [0.1, 0.15) is 51.2 Å². The minimum Gasteiger partial charge on any atom is -0.467 e. The molecule has 1 aromatic carbocycles. The number of hydrogen-bond acceptors (Lipinski definition) is 7. The summed E-state index contributed by atoms with van der Waals surface area (Å²) in [7, 11) is 2.84. The monoisotopic (exact) mass is 543 g/mol. The average Bonchev–Trinajstić information content (AvgIpc) is 3.32. The van der Waals surface area contributed by atoms with Crippen molar-refractivity contribution in [3.8, 4) is 0 Å². The fraction of sp³-hybridized carbons (Fsp3) is 0.517. The van der Waals surface area contributed by atoms with E-state index in [0.29, 0.717) is 19.4 Å². The minimum absolute atomic E-state index is 0.0237. The molecule has 0 aromatic heterocycles. The van der Waals surface area contributed by atoms with Crippen LogP contribution < -0.4 is 5.32 Å². The summed E-state index contributed by atoms with van der Waals surface area (Å²) in [4.78, 5) is 54.3. The quantitative estimate of drug-likeness (QED) is 0.193. The molecule has 0 saturated carbocycles. The summed E-state index contributed by atoms with van der Waals surface area (Å²) in [5.74, 6) is -1.12. The highest BCUT2D eigenvalue weighted by molar-refractivity contribution is 5.91. The van der Waals surface area contributed by atoms with E-state index in [1.807, 2.05) is 24.3 Å². The Bertz CT molecular complexity index is 1050. The molecule has 39 heavy (non-hydrogen) atoms. The van der Waals surface area contributed by atoms with Crippen LogP contribution in [0.15, 0.2) is 43.5 Å². The normalized spacial score (nSPS) is 17.5. The van der Waals surface area contributed by atoms with Gasteiger partial charge in [0.1, 0.15) is 18.2 Å². The molecule has 10 heteroatoms. The van der Waals surface area contributed by atoms with E-state index in [9.17, 15) is 19.2 Å². The van der Waals surface area contributed by atoms with Gasteiger partial charge in [-0.25, -0.2) is 14.4 Å². The van der Waals surface area contributed by atoms with Gasteiger partial charge in [0.25, 0.3) is 0 Å². The lowest BCUT2D eigenvalue weighted by molar-refractivity contribution is -0.152. The second-order valence-corrected chi connectivity index (χ2v) is 10.5. The molecule has 1 N–H and O–H groups in total. The highest BCUT2D eigenvalue weighted by Crippen LogP contribution is 2.28. The largest absolute Gasteiger partial charge is 0.467 e. The Hall–Kier alpha value is -3.82. The molecule has 0 radical (unpaired) electrons. The number of amides is 3. The lowest BCUT2D eigenvalue weighted by Gasteiger charge is -2.34. The van der Waals surface area contributed by atoms with Crippen LogP contribution in [0.3, 0.4) is 0 Å². The molecular formula is C29H41N3O7. The van der Waals surface area contributed by atoms with E-state index >= 15 is 0 Å². The number of esters is 1. The van der Waals surface area contributed by atoms with E-state index in [0.717, 1.165) is 11.1 Å². The Morgan fingerprint density at radius 3 is 2.51 bits per heavy atom. The van der Waals surface area contributed by atoms with Gasteiger partial charge in [-0.1, -0.05) is 63.8 Å². The van der Waals surface area contributed by atoms with Gasteiger partial charge >= 0.3 is 18.2 Å². The van der Waals surface area contributed by atoms with Gasteiger partial charge in [0.15, 0.2) is 0 Å². The first kappa shape index (κ1) is 31.4. The Labute approximate surface area is 230 Å². The molecular weight excluding hydrogens is 502 g/mol. The summed E-state index contributed by atoms with van der Waals surface area (Å²) in [6, 6.07) is 5.59. The number of unbranched alkanes of at least 4 members (excludes halogenated alkanes) is 1. The molecule has 10 nitrogen and oxygen atoms in total. The van der Waals surface area contributed by atoms with Crippen LogP contribution in [0.4, 0.5) is 9.59 Å².